The Hall–Kier alpha value is -5.99. The number of hydrogen-bond acceptors (Lipinski definition) is 12. The zero-order chi connectivity index (χ0) is 48.3. The zero-order valence-electron chi connectivity index (χ0n) is 39.2. The van der Waals surface area contributed by atoms with E-state index in [-0.39, 0.29) is 40.2 Å². The lowest BCUT2D eigenvalue weighted by Gasteiger charge is -2.39. The Morgan fingerprint density at radius 3 is 1.91 bits per heavy atom. The summed E-state index contributed by atoms with van der Waals surface area (Å²) in [5.74, 6) is 1.10. The molecule has 0 bridgehead atoms. The van der Waals surface area contributed by atoms with Crippen molar-refractivity contribution in [3.8, 4) is 0 Å². The van der Waals surface area contributed by atoms with Gasteiger partial charge in [0, 0.05) is 81.0 Å². The zero-order valence-corrected chi connectivity index (χ0v) is 41.6. The molecule has 0 saturated carbocycles. The Bertz CT molecular complexity index is 3150. The monoisotopic (exact) mass is 972 g/mol. The van der Waals surface area contributed by atoms with E-state index in [1.165, 1.54) is 12.1 Å². The third kappa shape index (κ3) is 9.74. The number of nitrogens with zero attached hydrogens (tertiary/aromatic N) is 10. The highest BCUT2D eigenvalue weighted by atomic mass is 35.5. The summed E-state index contributed by atoms with van der Waals surface area (Å²) in [5.41, 5.74) is 7.04. The van der Waals surface area contributed by atoms with Gasteiger partial charge in [-0.05, 0) is 95.5 Å². The van der Waals surface area contributed by atoms with Crippen molar-refractivity contribution in [3.05, 3.63) is 105 Å². The van der Waals surface area contributed by atoms with Crippen molar-refractivity contribution in [1.29, 1.82) is 0 Å². The van der Waals surface area contributed by atoms with Gasteiger partial charge in [0.05, 0.1) is 58.5 Å². The quantitative estimate of drug-likeness (QED) is 0.137. The van der Waals surface area contributed by atoms with Crippen LogP contribution in [0.2, 0.25) is 5.02 Å². The number of fused-ring (bicyclic) bond motifs is 2. The molecule has 356 valence electrons. The number of likely N-dealkylation sites (tertiary alicyclic amines) is 2. The second kappa shape index (κ2) is 18.2. The van der Waals surface area contributed by atoms with Crippen LogP contribution < -0.4 is 19.2 Å². The van der Waals surface area contributed by atoms with Gasteiger partial charge in [-0.1, -0.05) is 23.7 Å². The molecule has 3 unspecified atom stereocenters. The van der Waals surface area contributed by atoms with Crippen LogP contribution in [0.1, 0.15) is 98.8 Å². The van der Waals surface area contributed by atoms with E-state index in [1.54, 1.807) is 40.1 Å². The van der Waals surface area contributed by atoms with Crippen molar-refractivity contribution >= 4 is 77.8 Å². The van der Waals surface area contributed by atoms with E-state index in [4.69, 9.17) is 31.8 Å². The normalized spacial score (nSPS) is 18.1. The van der Waals surface area contributed by atoms with Crippen LogP contribution in [-0.4, -0.2) is 121 Å². The van der Waals surface area contributed by atoms with Crippen molar-refractivity contribution in [3.63, 3.8) is 0 Å². The summed E-state index contributed by atoms with van der Waals surface area (Å²) < 4.78 is 58.0. The van der Waals surface area contributed by atoms with Gasteiger partial charge >= 0.3 is 0 Å². The fourth-order valence-corrected chi connectivity index (χ4v) is 11.0. The number of anilines is 4. The molecule has 8 rings (SSSR count). The molecule has 2 N–H and O–H groups in total. The van der Waals surface area contributed by atoms with Crippen LogP contribution in [0.5, 0.6) is 0 Å². The Morgan fingerprint density at radius 2 is 1.27 bits per heavy atom. The highest BCUT2D eigenvalue weighted by Crippen LogP contribution is 2.41. The minimum Gasteiger partial charge on any atom is -0.362 e. The average molecular weight is 974 g/mol. The molecule has 18 nitrogen and oxygen atoms in total. The summed E-state index contributed by atoms with van der Waals surface area (Å²) in [4.78, 5) is 46.6. The Morgan fingerprint density at radius 1 is 0.701 bits per heavy atom. The molecule has 2 saturated heterocycles. The number of aromatic nitrogens is 6. The average Bonchev–Trinajstić information content (AvgIpc) is 3.87. The predicted octanol–water partition coefficient (Wildman–Crippen LogP) is 6.43. The summed E-state index contributed by atoms with van der Waals surface area (Å²) in [6.07, 6.45) is 6.17. The Balaban J connectivity index is 1.16. The van der Waals surface area contributed by atoms with E-state index in [1.807, 2.05) is 79.9 Å². The molecule has 2 aliphatic heterocycles. The number of carbonyl (C=O) groups excluding carboxylic acids is 2. The van der Waals surface area contributed by atoms with Crippen LogP contribution in [-0.2, 0) is 26.5 Å². The standard InChI is InChI=1S/C46H57ClN12O6S2/c1-27-28(2)48-41-26-38(51-58(41)43(27)54(4)5)40-23-30(19-21-57(40)45(60)32-14-10-11-15-35(32)52-66(8,62)63)22-33-29(3)49-42-25-37(50-59(42)44(33)55(6)7)39-16-12-13-20-56(39)46(61)34-24-31(47)17-18-36(34)53-67(9,64)65/h10-11,14-15,17-18,24-26,30,39-40,52-53H,12-13,16,19-23H2,1-9H3. The first-order valence-corrected chi connectivity index (χ1v) is 26.3. The number of piperidine rings is 2. The molecule has 4 aromatic heterocycles. The SMILES string of the molecule is Cc1nc2cc(C3CC(Cc4c(C)nc5cc(C6CCCCN6C(=O)c6cc(Cl)ccc6NS(C)(=O)=O)nn5c4N(C)C)CCN3C(=O)c3ccccc3NS(C)(=O)=O)nn2c(N(C)C)c1C. The number of benzene rings is 2. The summed E-state index contributed by atoms with van der Waals surface area (Å²) in [5, 5.41) is 10.6. The van der Waals surface area contributed by atoms with Crippen LogP contribution in [0.15, 0.2) is 54.6 Å². The fraction of sp³-hybridized carbons (Fsp3) is 0.435. The van der Waals surface area contributed by atoms with E-state index >= 15 is 0 Å². The molecular formula is C46H57ClN12O6S2. The van der Waals surface area contributed by atoms with Crippen LogP contribution in [0.4, 0.5) is 23.0 Å². The van der Waals surface area contributed by atoms with Crippen LogP contribution >= 0.6 is 11.6 Å². The smallest absolute Gasteiger partial charge is 0.256 e. The second-order valence-electron chi connectivity index (χ2n) is 18.2. The van der Waals surface area contributed by atoms with Gasteiger partial charge in [0.2, 0.25) is 20.0 Å². The lowest BCUT2D eigenvalue weighted by molar-refractivity contribution is 0.0538. The number of rotatable bonds is 12. The lowest BCUT2D eigenvalue weighted by atomic mass is 9.84. The molecule has 2 aromatic carbocycles. The number of hydrogen-bond donors (Lipinski definition) is 2. The van der Waals surface area contributed by atoms with Gasteiger partial charge in [-0.15, -0.1) is 0 Å². The molecule has 3 atom stereocenters. The first-order valence-electron chi connectivity index (χ1n) is 22.1. The van der Waals surface area contributed by atoms with Gasteiger partial charge in [-0.3, -0.25) is 19.0 Å². The number of carbonyl (C=O) groups is 2. The molecule has 67 heavy (non-hydrogen) atoms. The van der Waals surface area contributed by atoms with Gasteiger partial charge in [0.25, 0.3) is 11.8 Å². The lowest BCUT2D eigenvalue weighted by Crippen LogP contribution is -2.42. The van der Waals surface area contributed by atoms with Crippen molar-refractivity contribution < 1.29 is 26.4 Å². The van der Waals surface area contributed by atoms with Crippen molar-refractivity contribution in [2.45, 2.75) is 71.4 Å². The molecule has 2 fully saturated rings. The molecule has 0 radical (unpaired) electrons. The van der Waals surface area contributed by atoms with Gasteiger partial charge < -0.3 is 19.6 Å². The summed E-state index contributed by atoms with van der Waals surface area (Å²) in [6, 6.07) is 14.1. The number of amides is 2. The third-order valence-corrected chi connectivity index (χ3v) is 14.1. The molecule has 6 aromatic rings. The predicted molar refractivity (Wildman–Crippen MR) is 261 cm³/mol. The molecule has 6 heterocycles. The van der Waals surface area contributed by atoms with Crippen molar-refractivity contribution in [1.82, 2.24) is 39.0 Å². The Kier molecular flexibility index (Phi) is 12.9. The van der Waals surface area contributed by atoms with E-state index in [0.717, 1.165) is 59.5 Å². The maximum atomic E-state index is 14.7. The topological polar surface area (TPSA) is 200 Å². The number of halogens is 1. The maximum absolute atomic E-state index is 14.7. The largest absolute Gasteiger partial charge is 0.362 e. The van der Waals surface area contributed by atoms with Crippen LogP contribution in [0.25, 0.3) is 11.3 Å². The maximum Gasteiger partial charge on any atom is 0.256 e. The van der Waals surface area contributed by atoms with E-state index in [0.29, 0.717) is 66.5 Å². The molecule has 21 heteroatoms. The van der Waals surface area contributed by atoms with Gasteiger partial charge in [-0.2, -0.15) is 19.2 Å². The minimum absolute atomic E-state index is 0.0542. The first-order chi connectivity index (χ1) is 31.6. The molecule has 0 aliphatic carbocycles. The number of sulfonamides is 2. The highest BCUT2D eigenvalue weighted by molar-refractivity contribution is 7.92. The summed E-state index contributed by atoms with van der Waals surface area (Å²) >= 11 is 6.35. The van der Waals surface area contributed by atoms with Crippen LogP contribution in [0.3, 0.4) is 0 Å². The second-order valence-corrected chi connectivity index (χ2v) is 22.1. The Labute approximate surface area is 396 Å². The van der Waals surface area contributed by atoms with E-state index in [2.05, 4.69) is 9.44 Å². The highest BCUT2D eigenvalue weighted by Gasteiger charge is 2.38. The first kappa shape index (κ1) is 47.5. The van der Waals surface area contributed by atoms with Crippen LogP contribution in [0, 0.1) is 26.7 Å². The fourth-order valence-electron chi connectivity index (χ4n) is 9.67. The number of para-hydroxylation sites is 1. The van der Waals surface area contributed by atoms with Gasteiger partial charge in [-0.25, -0.2) is 26.8 Å². The summed E-state index contributed by atoms with van der Waals surface area (Å²) in [6.45, 7) is 6.79. The summed E-state index contributed by atoms with van der Waals surface area (Å²) in [7, 11) is 0.481. The van der Waals surface area contributed by atoms with Crippen molar-refractivity contribution in [2.75, 3.05) is 73.0 Å². The number of nitrogens with one attached hydrogen (secondary N) is 2. The van der Waals surface area contributed by atoms with E-state index in [9.17, 15) is 26.4 Å². The molecule has 2 amide bonds. The van der Waals surface area contributed by atoms with Gasteiger partial charge in [0.1, 0.15) is 11.6 Å². The number of aryl methyl sites for hydroxylation is 2. The van der Waals surface area contributed by atoms with E-state index < -0.39 is 32.1 Å². The molecule has 0 spiro atoms. The van der Waals surface area contributed by atoms with Crippen molar-refractivity contribution in [2.24, 2.45) is 5.92 Å². The molecule has 2 aliphatic rings. The molecular weight excluding hydrogens is 916 g/mol. The minimum atomic E-state index is -3.69. The third-order valence-electron chi connectivity index (χ3n) is 12.7. The van der Waals surface area contributed by atoms with Gasteiger partial charge in [0.15, 0.2) is 11.3 Å².